The first-order valence-corrected chi connectivity index (χ1v) is 10.1. The van der Waals surface area contributed by atoms with Gasteiger partial charge in [0.2, 0.25) is 5.91 Å². The van der Waals surface area contributed by atoms with E-state index in [2.05, 4.69) is 15.3 Å². The maximum atomic E-state index is 12.4. The van der Waals surface area contributed by atoms with Gasteiger partial charge in [-0.3, -0.25) is 9.20 Å². The number of hydrogen-bond donors (Lipinski definition) is 1. The Morgan fingerprint density at radius 1 is 1.23 bits per heavy atom. The number of pyridine rings is 1. The quantitative estimate of drug-likeness (QED) is 0.523. The van der Waals surface area contributed by atoms with Gasteiger partial charge >= 0.3 is 0 Å². The molecule has 0 radical (unpaired) electrons. The summed E-state index contributed by atoms with van der Waals surface area (Å²) in [6, 6.07) is 13.8. The van der Waals surface area contributed by atoms with E-state index in [0.29, 0.717) is 5.69 Å². The number of rotatable bonds is 5. The Hall–Kier alpha value is -2.64. The van der Waals surface area contributed by atoms with E-state index in [1.165, 1.54) is 11.3 Å². The molecule has 0 aliphatic rings. The third-order valence-electron chi connectivity index (χ3n) is 3.92. The van der Waals surface area contributed by atoms with Crippen molar-refractivity contribution in [2.75, 3.05) is 11.6 Å². The molecule has 0 bridgehead atoms. The van der Waals surface area contributed by atoms with Crippen LogP contribution in [-0.4, -0.2) is 26.5 Å². The van der Waals surface area contributed by atoms with Crippen molar-refractivity contribution in [3.05, 3.63) is 65.9 Å². The molecule has 1 aromatic carbocycles. The van der Waals surface area contributed by atoms with E-state index in [1.807, 2.05) is 64.7 Å². The normalized spacial score (nSPS) is 11.0. The number of benzene rings is 1. The molecule has 0 saturated heterocycles. The molecule has 0 aliphatic heterocycles. The summed E-state index contributed by atoms with van der Waals surface area (Å²) in [4.78, 5) is 22.2. The summed E-state index contributed by atoms with van der Waals surface area (Å²) in [6.45, 7) is 0. The van der Waals surface area contributed by atoms with Gasteiger partial charge in [0.1, 0.15) is 0 Å². The van der Waals surface area contributed by atoms with Crippen molar-refractivity contribution in [2.45, 2.75) is 11.4 Å². The van der Waals surface area contributed by atoms with Crippen LogP contribution in [0.15, 0.2) is 65.3 Å². The van der Waals surface area contributed by atoms with Crippen LogP contribution in [0.3, 0.4) is 0 Å². The zero-order chi connectivity index (χ0) is 17.9. The lowest BCUT2D eigenvalue weighted by Crippen LogP contribution is -2.15. The van der Waals surface area contributed by atoms with Crippen LogP contribution in [-0.2, 0) is 11.2 Å². The highest BCUT2D eigenvalue weighted by atomic mass is 32.2. The minimum Gasteiger partial charge on any atom is -0.324 e. The van der Waals surface area contributed by atoms with Gasteiger partial charge < -0.3 is 5.32 Å². The first kappa shape index (κ1) is 16.8. The Labute approximate surface area is 159 Å². The molecule has 5 nitrogen and oxygen atoms in total. The third kappa shape index (κ3) is 3.49. The van der Waals surface area contributed by atoms with Gasteiger partial charge in [-0.05, 0) is 18.4 Å². The number of nitrogens with zero attached hydrogens (tertiary/aromatic N) is 3. The molecular weight excluding hydrogens is 364 g/mol. The molecule has 3 aromatic heterocycles. The maximum Gasteiger partial charge on any atom is 0.230 e. The monoisotopic (exact) mass is 380 g/mol. The fraction of sp³-hybridized carbons (Fsp3) is 0.105. The summed E-state index contributed by atoms with van der Waals surface area (Å²) in [5.74, 6) is -0.0710. The Bertz CT molecular complexity index is 1040. The van der Waals surface area contributed by atoms with Crippen molar-refractivity contribution in [3.8, 4) is 11.3 Å². The number of imidazole rings is 1. The standard InChI is InChI=1S/C19H16N4OS2/c1-25-18-8-7-14(10-20-18)21-17(24)9-15-12-26-19-22-16(11-23(15)19)13-5-3-2-4-6-13/h2-8,10-12H,9H2,1H3,(H,21,24). The van der Waals surface area contributed by atoms with Gasteiger partial charge in [-0.2, -0.15) is 0 Å². The fourth-order valence-electron chi connectivity index (χ4n) is 2.65. The van der Waals surface area contributed by atoms with Gasteiger partial charge in [0, 0.05) is 22.8 Å². The van der Waals surface area contributed by atoms with Crippen LogP contribution in [0.4, 0.5) is 5.69 Å². The summed E-state index contributed by atoms with van der Waals surface area (Å²) in [7, 11) is 0. The molecule has 4 rings (SSSR count). The number of amides is 1. The molecule has 130 valence electrons. The Morgan fingerprint density at radius 2 is 2.08 bits per heavy atom. The van der Waals surface area contributed by atoms with E-state index in [9.17, 15) is 4.79 Å². The van der Waals surface area contributed by atoms with Crippen LogP contribution in [0.5, 0.6) is 0 Å². The average molecular weight is 380 g/mol. The number of aromatic nitrogens is 3. The van der Waals surface area contributed by atoms with Crippen LogP contribution >= 0.6 is 23.1 Å². The highest BCUT2D eigenvalue weighted by Crippen LogP contribution is 2.24. The number of carbonyl (C=O) groups excluding carboxylic acids is 1. The maximum absolute atomic E-state index is 12.4. The van der Waals surface area contributed by atoms with E-state index in [0.717, 1.165) is 26.9 Å². The van der Waals surface area contributed by atoms with Gasteiger partial charge in [-0.25, -0.2) is 9.97 Å². The second-order valence-electron chi connectivity index (χ2n) is 5.69. The molecule has 0 saturated carbocycles. The molecule has 4 aromatic rings. The predicted octanol–water partition coefficient (Wildman–Crippen LogP) is 4.36. The van der Waals surface area contributed by atoms with Gasteiger partial charge in [0.05, 0.1) is 29.0 Å². The van der Waals surface area contributed by atoms with E-state index in [-0.39, 0.29) is 12.3 Å². The second kappa shape index (κ2) is 7.31. The van der Waals surface area contributed by atoms with E-state index < -0.39 is 0 Å². The number of anilines is 1. The molecule has 3 heterocycles. The highest BCUT2D eigenvalue weighted by molar-refractivity contribution is 7.98. The summed E-state index contributed by atoms with van der Waals surface area (Å²) >= 11 is 3.11. The summed E-state index contributed by atoms with van der Waals surface area (Å²) in [6.07, 6.45) is 5.92. The fourth-order valence-corrected chi connectivity index (χ4v) is 3.88. The van der Waals surface area contributed by atoms with Crippen LogP contribution < -0.4 is 5.32 Å². The van der Waals surface area contributed by atoms with Gasteiger partial charge in [0.25, 0.3) is 0 Å². The molecule has 1 amide bonds. The molecule has 26 heavy (non-hydrogen) atoms. The second-order valence-corrected chi connectivity index (χ2v) is 7.35. The number of nitrogens with one attached hydrogen (secondary N) is 1. The largest absolute Gasteiger partial charge is 0.324 e. The number of fused-ring (bicyclic) bond motifs is 1. The lowest BCUT2D eigenvalue weighted by Gasteiger charge is -2.05. The van der Waals surface area contributed by atoms with Crippen LogP contribution in [0.1, 0.15) is 5.69 Å². The topological polar surface area (TPSA) is 59.3 Å². The molecular formula is C19H16N4OS2. The zero-order valence-electron chi connectivity index (χ0n) is 14.0. The predicted molar refractivity (Wildman–Crippen MR) is 107 cm³/mol. The Balaban J connectivity index is 1.51. The summed E-state index contributed by atoms with van der Waals surface area (Å²) in [5.41, 5.74) is 3.61. The molecule has 0 atom stereocenters. The first-order valence-electron chi connectivity index (χ1n) is 8.04. The zero-order valence-corrected chi connectivity index (χ0v) is 15.7. The number of hydrogen-bond acceptors (Lipinski definition) is 5. The van der Waals surface area contributed by atoms with Crippen molar-refractivity contribution < 1.29 is 4.79 Å². The molecule has 0 unspecified atom stereocenters. The van der Waals surface area contributed by atoms with Crippen molar-refractivity contribution >= 4 is 39.7 Å². The van der Waals surface area contributed by atoms with E-state index in [4.69, 9.17) is 0 Å². The smallest absolute Gasteiger partial charge is 0.230 e. The van der Waals surface area contributed by atoms with Gasteiger partial charge in [-0.1, -0.05) is 30.3 Å². The highest BCUT2D eigenvalue weighted by Gasteiger charge is 2.12. The van der Waals surface area contributed by atoms with Crippen molar-refractivity contribution in [3.63, 3.8) is 0 Å². The Morgan fingerprint density at radius 3 is 2.81 bits per heavy atom. The summed E-state index contributed by atoms with van der Waals surface area (Å²) in [5, 5.41) is 5.80. The molecule has 0 aliphatic carbocycles. The average Bonchev–Trinajstić information content (AvgIpc) is 3.25. The molecule has 0 fully saturated rings. The Kier molecular flexibility index (Phi) is 4.73. The molecule has 0 spiro atoms. The number of carbonyl (C=O) groups is 1. The van der Waals surface area contributed by atoms with Crippen LogP contribution in [0, 0.1) is 0 Å². The molecule has 7 heteroatoms. The lowest BCUT2D eigenvalue weighted by molar-refractivity contribution is -0.115. The first-order chi connectivity index (χ1) is 12.7. The van der Waals surface area contributed by atoms with Crippen molar-refractivity contribution in [2.24, 2.45) is 0 Å². The van der Waals surface area contributed by atoms with Gasteiger partial charge in [0.15, 0.2) is 4.96 Å². The van der Waals surface area contributed by atoms with Crippen LogP contribution in [0.2, 0.25) is 0 Å². The van der Waals surface area contributed by atoms with Crippen molar-refractivity contribution in [1.29, 1.82) is 0 Å². The lowest BCUT2D eigenvalue weighted by atomic mass is 10.2. The number of thioether (sulfide) groups is 1. The van der Waals surface area contributed by atoms with Crippen LogP contribution in [0.25, 0.3) is 16.2 Å². The minimum absolute atomic E-state index is 0.0710. The minimum atomic E-state index is -0.0710. The van der Waals surface area contributed by atoms with E-state index in [1.54, 1.807) is 18.0 Å². The van der Waals surface area contributed by atoms with Gasteiger partial charge in [-0.15, -0.1) is 23.1 Å². The number of thiazole rings is 1. The SMILES string of the molecule is CSc1ccc(NC(=O)Cc2csc3nc(-c4ccccc4)cn23)cn1. The van der Waals surface area contributed by atoms with E-state index >= 15 is 0 Å². The third-order valence-corrected chi connectivity index (χ3v) is 5.47. The van der Waals surface area contributed by atoms with Crippen molar-refractivity contribution in [1.82, 2.24) is 14.4 Å². The summed E-state index contributed by atoms with van der Waals surface area (Å²) < 4.78 is 1.99. The molecule has 1 N–H and O–H groups in total.